The van der Waals surface area contributed by atoms with Gasteiger partial charge < -0.3 is 14.6 Å². The average molecular weight is 330 g/mol. The highest BCUT2D eigenvalue weighted by Gasteiger charge is 2.20. The molecule has 0 aliphatic carbocycles. The van der Waals surface area contributed by atoms with Gasteiger partial charge in [-0.1, -0.05) is 0 Å². The Balaban J connectivity index is 2.42. The number of hydrogen-bond donors (Lipinski definition) is 1. The summed E-state index contributed by atoms with van der Waals surface area (Å²) in [5, 5.41) is 9.41. The summed E-state index contributed by atoms with van der Waals surface area (Å²) in [6.07, 6.45) is -0.0237. The highest BCUT2D eigenvalue weighted by molar-refractivity contribution is 9.10. The minimum Gasteiger partial charge on any atom is -0.477 e. The van der Waals surface area contributed by atoms with Crippen LogP contribution in [0, 0.1) is 5.82 Å². The highest BCUT2D eigenvalue weighted by Crippen LogP contribution is 2.26. The number of fused-ring (bicyclic) bond motifs is 1. The van der Waals surface area contributed by atoms with Crippen molar-refractivity contribution in [2.45, 2.75) is 6.29 Å². The number of methoxy groups -OCH3 is 1. The molecule has 1 atom stereocenters. The van der Waals surface area contributed by atoms with Gasteiger partial charge in [0.15, 0.2) is 11.6 Å². The molecule has 0 amide bonds. The second-order valence-electron chi connectivity index (χ2n) is 3.65. The number of carbonyl (C=O) groups is 1. The number of aromatic nitrogens is 1. The summed E-state index contributed by atoms with van der Waals surface area (Å²) >= 11 is 3.25. The second kappa shape index (κ2) is 5.50. The summed E-state index contributed by atoms with van der Waals surface area (Å²) in [5.74, 6) is -2.25. The van der Waals surface area contributed by atoms with Crippen LogP contribution in [0.15, 0.2) is 28.9 Å². The first-order valence-electron chi connectivity index (χ1n) is 5.18. The number of rotatable bonds is 4. The van der Waals surface area contributed by atoms with E-state index in [0.29, 0.717) is 10.9 Å². The van der Waals surface area contributed by atoms with Gasteiger partial charge in [0.2, 0.25) is 0 Å². The quantitative estimate of drug-likeness (QED) is 0.873. The summed E-state index contributed by atoms with van der Waals surface area (Å²) in [6.45, 7) is 0. The fourth-order valence-electron chi connectivity index (χ4n) is 1.51. The van der Waals surface area contributed by atoms with E-state index >= 15 is 0 Å². The molecule has 0 fully saturated rings. The van der Waals surface area contributed by atoms with E-state index in [2.05, 4.69) is 25.7 Å². The minimum atomic E-state index is -1.56. The molecule has 1 aromatic heterocycles. The van der Waals surface area contributed by atoms with E-state index in [1.807, 2.05) is 0 Å². The molecule has 0 spiro atoms. The molecule has 5 nitrogen and oxygen atoms in total. The Hall–Kier alpha value is -1.73. The van der Waals surface area contributed by atoms with E-state index in [-0.39, 0.29) is 5.75 Å². The number of benzene rings is 1. The Morgan fingerprint density at radius 2 is 2.21 bits per heavy atom. The Bertz CT molecular complexity index is 634. The molecule has 1 N–H and O–H groups in total. The molecule has 1 aromatic carbocycles. The van der Waals surface area contributed by atoms with Crippen LogP contribution >= 0.6 is 15.9 Å². The van der Waals surface area contributed by atoms with Gasteiger partial charge in [-0.2, -0.15) is 0 Å². The number of carboxylic acid groups (broad SMARTS) is 1. The zero-order valence-electron chi connectivity index (χ0n) is 9.76. The second-order valence-corrected chi connectivity index (χ2v) is 4.57. The normalized spacial score (nSPS) is 12.4. The van der Waals surface area contributed by atoms with Crippen LogP contribution in [0.5, 0.6) is 5.75 Å². The molecule has 1 unspecified atom stereocenters. The van der Waals surface area contributed by atoms with Crippen LogP contribution in [0.1, 0.15) is 0 Å². The SMILES string of the molecule is COC(Oc1cc2cc(Br)cnc2cc1F)C(=O)O. The Labute approximate surface area is 116 Å². The lowest BCUT2D eigenvalue weighted by molar-refractivity contribution is -0.166. The molecular formula is C12H9BrFNO4. The van der Waals surface area contributed by atoms with Gasteiger partial charge in [0.1, 0.15) is 0 Å². The number of aliphatic carboxylic acids is 1. The lowest BCUT2D eigenvalue weighted by Crippen LogP contribution is -2.29. The number of hydrogen-bond acceptors (Lipinski definition) is 4. The van der Waals surface area contributed by atoms with Crippen LogP contribution in [0.25, 0.3) is 10.9 Å². The predicted octanol–water partition coefficient (Wildman–Crippen LogP) is 2.57. The highest BCUT2D eigenvalue weighted by atomic mass is 79.9. The third-order valence-corrected chi connectivity index (χ3v) is 2.78. The number of ether oxygens (including phenoxy) is 2. The summed E-state index contributed by atoms with van der Waals surface area (Å²) in [7, 11) is 1.16. The van der Waals surface area contributed by atoms with Crippen LogP contribution in [-0.2, 0) is 9.53 Å². The van der Waals surface area contributed by atoms with Gasteiger partial charge in [-0.15, -0.1) is 0 Å². The van der Waals surface area contributed by atoms with Gasteiger partial charge in [0.25, 0.3) is 6.29 Å². The molecule has 0 saturated heterocycles. The fourth-order valence-corrected chi connectivity index (χ4v) is 1.86. The topological polar surface area (TPSA) is 68.7 Å². The van der Waals surface area contributed by atoms with E-state index in [1.54, 1.807) is 6.07 Å². The van der Waals surface area contributed by atoms with Crippen molar-refractivity contribution in [3.63, 3.8) is 0 Å². The maximum atomic E-state index is 13.8. The molecule has 7 heteroatoms. The molecule has 100 valence electrons. The van der Waals surface area contributed by atoms with Gasteiger partial charge >= 0.3 is 5.97 Å². The summed E-state index contributed by atoms with van der Waals surface area (Å²) in [6, 6.07) is 4.26. The van der Waals surface area contributed by atoms with Gasteiger partial charge in [-0.25, -0.2) is 9.18 Å². The number of pyridine rings is 1. The molecule has 2 aromatic rings. The summed E-state index contributed by atoms with van der Waals surface area (Å²) in [5.41, 5.74) is 0.442. The van der Waals surface area contributed by atoms with Crippen LogP contribution in [-0.4, -0.2) is 29.5 Å². The van der Waals surface area contributed by atoms with Crippen molar-refractivity contribution in [3.05, 3.63) is 34.7 Å². The first-order chi connectivity index (χ1) is 9.01. The molecule has 0 aliphatic rings. The number of halogens is 2. The smallest absolute Gasteiger partial charge is 0.373 e. The van der Waals surface area contributed by atoms with E-state index < -0.39 is 18.1 Å². The third kappa shape index (κ3) is 2.99. The molecule has 0 aliphatic heterocycles. The van der Waals surface area contributed by atoms with Gasteiger partial charge in [0.05, 0.1) is 5.52 Å². The minimum absolute atomic E-state index is 0.207. The molecule has 2 rings (SSSR count). The zero-order chi connectivity index (χ0) is 14.0. The van der Waals surface area contributed by atoms with Crippen molar-refractivity contribution < 1.29 is 23.8 Å². The van der Waals surface area contributed by atoms with Crippen molar-refractivity contribution in [3.8, 4) is 5.75 Å². The molecule has 0 bridgehead atoms. The van der Waals surface area contributed by atoms with Crippen LogP contribution in [0.3, 0.4) is 0 Å². The first kappa shape index (κ1) is 13.7. The molecule has 1 heterocycles. The fraction of sp³-hybridized carbons (Fsp3) is 0.167. The van der Waals surface area contributed by atoms with Crippen molar-refractivity contribution in [2.75, 3.05) is 7.11 Å². The zero-order valence-corrected chi connectivity index (χ0v) is 11.3. The lowest BCUT2D eigenvalue weighted by atomic mass is 10.2. The lowest BCUT2D eigenvalue weighted by Gasteiger charge is -2.14. The largest absolute Gasteiger partial charge is 0.477 e. The summed E-state index contributed by atoms with van der Waals surface area (Å²) in [4.78, 5) is 14.8. The average Bonchev–Trinajstić information content (AvgIpc) is 2.36. The van der Waals surface area contributed by atoms with E-state index in [9.17, 15) is 9.18 Å². The molecule has 0 saturated carbocycles. The Morgan fingerprint density at radius 3 is 2.84 bits per heavy atom. The van der Waals surface area contributed by atoms with Crippen molar-refractivity contribution in [1.29, 1.82) is 0 Å². The van der Waals surface area contributed by atoms with Crippen LogP contribution in [0.2, 0.25) is 0 Å². The Kier molecular flexibility index (Phi) is 3.96. The third-order valence-electron chi connectivity index (χ3n) is 2.35. The standard InChI is InChI=1S/C12H9BrFNO4/c1-18-12(11(16)17)19-10-3-6-2-7(13)5-15-9(6)4-8(10)14/h2-5,12H,1H3,(H,16,17). The van der Waals surface area contributed by atoms with Crippen LogP contribution < -0.4 is 4.74 Å². The Morgan fingerprint density at radius 1 is 1.47 bits per heavy atom. The molecule has 0 radical (unpaired) electrons. The maximum absolute atomic E-state index is 13.8. The number of carboxylic acids is 1. The number of nitrogens with zero attached hydrogens (tertiary/aromatic N) is 1. The van der Waals surface area contributed by atoms with Crippen molar-refractivity contribution in [1.82, 2.24) is 4.98 Å². The van der Waals surface area contributed by atoms with Crippen molar-refractivity contribution >= 4 is 32.8 Å². The monoisotopic (exact) mass is 329 g/mol. The molecular weight excluding hydrogens is 321 g/mol. The summed E-state index contributed by atoms with van der Waals surface area (Å²) < 4.78 is 24.0. The first-order valence-corrected chi connectivity index (χ1v) is 5.97. The van der Waals surface area contributed by atoms with Gasteiger partial charge in [0, 0.05) is 29.2 Å². The van der Waals surface area contributed by atoms with E-state index in [4.69, 9.17) is 9.84 Å². The molecule has 19 heavy (non-hydrogen) atoms. The predicted molar refractivity (Wildman–Crippen MR) is 68.5 cm³/mol. The van der Waals surface area contributed by atoms with Gasteiger partial charge in [-0.05, 0) is 28.1 Å². The van der Waals surface area contributed by atoms with Crippen molar-refractivity contribution in [2.24, 2.45) is 0 Å². The van der Waals surface area contributed by atoms with Crippen LogP contribution in [0.4, 0.5) is 4.39 Å². The van der Waals surface area contributed by atoms with E-state index in [0.717, 1.165) is 11.6 Å². The van der Waals surface area contributed by atoms with Gasteiger partial charge in [-0.3, -0.25) is 4.98 Å². The maximum Gasteiger partial charge on any atom is 0.373 e. The van der Waals surface area contributed by atoms with E-state index in [1.165, 1.54) is 18.3 Å².